The molecule has 0 unspecified atom stereocenters. The minimum Gasteiger partial charge on any atom is -0.342 e. The largest absolute Gasteiger partial charge is 0.342 e. The zero-order valence-corrected chi connectivity index (χ0v) is 14.1. The Morgan fingerprint density at radius 2 is 2.14 bits per heavy atom. The van der Waals surface area contributed by atoms with Crippen molar-refractivity contribution >= 4 is 40.9 Å². The number of carbonyl (C=O) groups is 2. The molecule has 1 fully saturated rings. The van der Waals surface area contributed by atoms with Gasteiger partial charge in [0.05, 0.1) is 11.6 Å². The number of rotatable bonds is 1. The van der Waals surface area contributed by atoms with Crippen molar-refractivity contribution < 1.29 is 9.59 Å². The average Bonchev–Trinajstić information content (AvgIpc) is 2.89. The van der Waals surface area contributed by atoms with E-state index in [4.69, 9.17) is 11.6 Å². The Morgan fingerprint density at radius 3 is 2.86 bits per heavy atom. The maximum absolute atomic E-state index is 12.9. The second-order valence-electron chi connectivity index (χ2n) is 5.75. The molecule has 6 heteroatoms. The lowest BCUT2D eigenvalue weighted by Crippen LogP contribution is -2.38. The van der Waals surface area contributed by atoms with Gasteiger partial charge in [-0.05, 0) is 36.8 Å². The molecule has 2 aliphatic rings. The van der Waals surface area contributed by atoms with Crippen LogP contribution in [0.25, 0.3) is 0 Å². The number of likely N-dealkylation sites (tertiary alicyclic amines) is 1. The van der Waals surface area contributed by atoms with Gasteiger partial charge < -0.3 is 9.80 Å². The molecule has 1 aromatic rings. The van der Waals surface area contributed by atoms with Crippen LogP contribution >= 0.6 is 23.4 Å². The fraction of sp³-hybridized carbons (Fsp3) is 0.500. The van der Waals surface area contributed by atoms with E-state index in [1.807, 2.05) is 23.1 Å². The summed E-state index contributed by atoms with van der Waals surface area (Å²) in [6.45, 7) is 3.49. The second kappa shape index (κ2) is 6.50. The van der Waals surface area contributed by atoms with Crippen LogP contribution in [-0.2, 0) is 9.59 Å². The summed E-state index contributed by atoms with van der Waals surface area (Å²) >= 11 is 7.89. The third kappa shape index (κ3) is 3.10. The highest BCUT2D eigenvalue weighted by Gasteiger charge is 2.34. The van der Waals surface area contributed by atoms with Crippen LogP contribution in [0.15, 0.2) is 23.1 Å². The normalized spacial score (nSPS) is 21.5. The van der Waals surface area contributed by atoms with Gasteiger partial charge in [0.1, 0.15) is 0 Å². The van der Waals surface area contributed by atoms with E-state index in [1.54, 1.807) is 23.6 Å². The molecule has 22 heavy (non-hydrogen) atoms. The minimum atomic E-state index is -0.0983. The van der Waals surface area contributed by atoms with Gasteiger partial charge in [-0.15, -0.1) is 11.8 Å². The number of thioether (sulfide) groups is 1. The van der Waals surface area contributed by atoms with Crippen LogP contribution in [-0.4, -0.2) is 42.1 Å². The smallest absolute Gasteiger partial charge is 0.231 e. The lowest BCUT2D eigenvalue weighted by Gasteiger charge is -2.25. The van der Waals surface area contributed by atoms with Crippen LogP contribution in [0.4, 0.5) is 5.69 Å². The maximum Gasteiger partial charge on any atom is 0.231 e. The Balaban J connectivity index is 1.84. The summed E-state index contributed by atoms with van der Waals surface area (Å²) in [5, 5.41) is 0.649. The van der Waals surface area contributed by atoms with Gasteiger partial charge in [-0.2, -0.15) is 0 Å². The predicted octanol–water partition coefficient (Wildman–Crippen LogP) is 3.04. The van der Waals surface area contributed by atoms with Gasteiger partial charge in [0, 0.05) is 36.5 Å². The van der Waals surface area contributed by atoms with Gasteiger partial charge >= 0.3 is 0 Å². The Labute approximate surface area is 139 Å². The summed E-state index contributed by atoms with van der Waals surface area (Å²) in [5.41, 5.74) is 0.918. The van der Waals surface area contributed by atoms with E-state index in [2.05, 4.69) is 0 Å². The molecule has 1 saturated heterocycles. The fourth-order valence-electron chi connectivity index (χ4n) is 3.05. The van der Waals surface area contributed by atoms with Crippen molar-refractivity contribution in [1.82, 2.24) is 4.90 Å². The first-order chi connectivity index (χ1) is 10.6. The molecule has 0 bridgehead atoms. The standard InChI is InChI=1S/C16H19ClN2O2S/c1-11(20)18-7-5-12(10-18)16(21)19-6-2-8-22-15-4-3-13(17)9-14(15)19/h3-4,9,12H,2,5-8,10H2,1H3/t12-/m1/s1. The number of hydrogen-bond acceptors (Lipinski definition) is 3. The van der Waals surface area contributed by atoms with Crippen LogP contribution in [0.2, 0.25) is 5.02 Å². The third-order valence-electron chi connectivity index (χ3n) is 4.24. The number of amides is 2. The fourth-order valence-corrected chi connectivity index (χ4v) is 4.19. The van der Waals surface area contributed by atoms with Crippen molar-refractivity contribution in [2.75, 3.05) is 30.3 Å². The number of nitrogens with zero attached hydrogens (tertiary/aromatic N) is 2. The van der Waals surface area contributed by atoms with Crippen molar-refractivity contribution in [2.45, 2.75) is 24.7 Å². The van der Waals surface area contributed by atoms with Crippen LogP contribution in [0, 0.1) is 5.92 Å². The summed E-state index contributed by atoms with van der Waals surface area (Å²) in [5.74, 6) is 1.07. The van der Waals surface area contributed by atoms with Crippen LogP contribution in [0.3, 0.4) is 0 Å². The summed E-state index contributed by atoms with van der Waals surface area (Å²) in [7, 11) is 0. The SMILES string of the molecule is CC(=O)N1CC[C@@H](C(=O)N2CCCSc3ccc(Cl)cc32)C1. The summed E-state index contributed by atoms with van der Waals surface area (Å²) in [6, 6.07) is 5.74. The highest BCUT2D eigenvalue weighted by Crippen LogP contribution is 2.37. The molecular formula is C16H19ClN2O2S. The number of hydrogen-bond donors (Lipinski definition) is 0. The van der Waals surface area contributed by atoms with Gasteiger partial charge in [-0.1, -0.05) is 11.6 Å². The first kappa shape index (κ1) is 15.7. The molecule has 1 atom stereocenters. The molecule has 2 aliphatic heterocycles. The lowest BCUT2D eigenvalue weighted by molar-refractivity contribution is -0.128. The van der Waals surface area contributed by atoms with Gasteiger partial charge in [-0.25, -0.2) is 0 Å². The molecule has 4 nitrogen and oxygen atoms in total. The van der Waals surface area contributed by atoms with Gasteiger partial charge in [0.15, 0.2) is 0 Å². The van der Waals surface area contributed by atoms with E-state index in [0.29, 0.717) is 18.1 Å². The zero-order valence-electron chi connectivity index (χ0n) is 12.5. The highest BCUT2D eigenvalue weighted by atomic mass is 35.5. The van der Waals surface area contributed by atoms with Crippen LogP contribution in [0.5, 0.6) is 0 Å². The van der Waals surface area contributed by atoms with E-state index in [-0.39, 0.29) is 17.7 Å². The molecule has 2 amide bonds. The van der Waals surface area contributed by atoms with Gasteiger partial charge in [0.2, 0.25) is 11.8 Å². The van der Waals surface area contributed by atoms with E-state index < -0.39 is 0 Å². The lowest BCUT2D eigenvalue weighted by atomic mass is 10.1. The number of carbonyl (C=O) groups excluding carboxylic acids is 2. The van der Waals surface area contributed by atoms with Crippen molar-refractivity contribution in [3.63, 3.8) is 0 Å². The van der Waals surface area contributed by atoms with E-state index in [1.165, 1.54) is 0 Å². The monoisotopic (exact) mass is 338 g/mol. The molecule has 0 aromatic heterocycles. The zero-order chi connectivity index (χ0) is 15.7. The maximum atomic E-state index is 12.9. The van der Waals surface area contributed by atoms with Crippen LogP contribution in [0.1, 0.15) is 19.8 Å². The number of halogens is 1. The molecule has 0 saturated carbocycles. The van der Waals surface area contributed by atoms with E-state index >= 15 is 0 Å². The average molecular weight is 339 g/mol. The van der Waals surface area contributed by atoms with Crippen molar-refractivity contribution in [1.29, 1.82) is 0 Å². The van der Waals surface area contributed by atoms with Crippen molar-refractivity contribution in [3.05, 3.63) is 23.2 Å². The first-order valence-electron chi connectivity index (χ1n) is 7.55. The molecular weight excluding hydrogens is 320 g/mol. The molecule has 0 radical (unpaired) electrons. The number of benzene rings is 1. The topological polar surface area (TPSA) is 40.6 Å². The second-order valence-corrected chi connectivity index (χ2v) is 7.33. The van der Waals surface area contributed by atoms with E-state index in [9.17, 15) is 9.59 Å². The predicted molar refractivity (Wildman–Crippen MR) is 89.5 cm³/mol. The number of fused-ring (bicyclic) bond motifs is 1. The highest BCUT2D eigenvalue weighted by molar-refractivity contribution is 7.99. The Bertz CT molecular complexity index is 608. The van der Waals surface area contributed by atoms with Crippen molar-refractivity contribution in [2.24, 2.45) is 5.92 Å². The Hall–Kier alpha value is -1.20. The molecule has 0 aliphatic carbocycles. The Morgan fingerprint density at radius 1 is 1.32 bits per heavy atom. The molecule has 1 aromatic carbocycles. The van der Waals surface area contributed by atoms with Crippen LogP contribution < -0.4 is 4.90 Å². The minimum absolute atomic E-state index is 0.0465. The summed E-state index contributed by atoms with van der Waals surface area (Å²) < 4.78 is 0. The quantitative estimate of drug-likeness (QED) is 0.790. The molecule has 2 heterocycles. The Kier molecular flexibility index (Phi) is 4.64. The molecule has 0 N–H and O–H groups in total. The summed E-state index contributed by atoms with van der Waals surface area (Å²) in [4.78, 5) is 29.1. The summed E-state index contributed by atoms with van der Waals surface area (Å²) in [6.07, 6.45) is 1.71. The number of anilines is 1. The van der Waals surface area contributed by atoms with Gasteiger partial charge in [-0.3, -0.25) is 9.59 Å². The van der Waals surface area contributed by atoms with Gasteiger partial charge in [0.25, 0.3) is 0 Å². The first-order valence-corrected chi connectivity index (χ1v) is 8.92. The third-order valence-corrected chi connectivity index (χ3v) is 5.63. The van der Waals surface area contributed by atoms with Crippen molar-refractivity contribution in [3.8, 4) is 0 Å². The molecule has 0 spiro atoms. The van der Waals surface area contributed by atoms with E-state index in [0.717, 1.165) is 35.7 Å². The molecule has 118 valence electrons. The molecule has 3 rings (SSSR count).